The molecule has 2 unspecified atom stereocenters. The molecule has 2 aliphatic carbocycles. The number of hydrogen-bond donors (Lipinski definition) is 0. The number of unbranched alkanes of at least 4 members (excludes halogenated alkanes) is 2. The summed E-state index contributed by atoms with van der Waals surface area (Å²) in [5.41, 5.74) is 11.5. The van der Waals surface area contributed by atoms with Crippen LogP contribution in [-0.4, -0.2) is 28.2 Å². The number of aryl methyl sites for hydroxylation is 4. The summed E-state index contributed by atoms with van der Waals surface area (Å²) in [6, 6.07) is 22.1. The van der Waals surface area contributed by atoms with Crippen LogP contribution in [0.4, 0.5) is 17.1 Å². The van der Waals surface area contributed by atoms with Crippen molar-refractivity contribution in [3.63, 3.8) is 0 Å². The molecule has 4 nitrogen and oxygen atoms in total. The second kappa shape index (κ2) is 16.5. The molecule has 0 amide bonds. The van der Waals surface area contributed by atoms with E-state index in [2.05, 4.69) is 126 Å². The summed E-state index contributed by atoms with van der Waals surface area (Å²) in [6.07, 6.45) is 17.0. The fourth-order valence-corrected chi connectivity index (χ4v) is 7.65. The van der Waals surface area contributed by atoms with E-state index in [1.807, 2.05) is 24.3 Å². The minimum atomic E-state index is -0.170. The van der Waals surface area contributed by atoms with Gasteiger partial charge in [-0.1, -0.05) is 94.2 Å². The standard InChI is InChI=1S/C46H56N2O2/c1-9-13-15-37(11-3)47(41-27-17-31(5)29-33(41)7)39-23-19-35(20-24-39)43-45(49)44(46(43)50)36-21-25-40(26-22-36)48(38(12-4)16-14-10-2)42-28-18-32(6)30-34(42)8/h17-30,37-38H,9-16H2,1-8H3. The monoisotopic (exact) mass is 668 g/mol. The predicted molar refractivity (Wildman–Crippen MR) is 210 cm³/mol. The van der Waals surface area contributed by atoms with Crippen molar-refractivity contribution >= 4 is 34.1 Å². The van der Waals surface area contributed by atoms with Crippen molar-refractivity contribution in [1.82, 2.24) is 0 Å². The molecule has 0 heterocycles. The van der Waals surface area contributed by atoms with E-state index in [9.17, 15) is 9.90 Å². The number of ketones is 1. The van der Waals surface area contributed by atoms with E-state index in [0.29, 0.717) is 23.2 Å². The highest BCUT2D eigenvalue weighted by atomic mass is 16.3. The summed E-state index contributed by atoms with van der Waals surface area (Å²) in [6.45, 7) is 17.6. The second-order valence-electron chi connectivity index (χ2n) is 14.2. The van der Waals surface area contributed by atoms with Gasteiger partial charge in [0.2, 0.25) is 11.4 Å². The van der Waals surface area contributed by atoms with Gasteiger partial charge in [0.1, 0.15) is 0 Å². The van der Waals surface area contributed by atoms with E-state index in [1.54, 1.807) is 0 Å². The summed E-state index contributed by atoms with van der Waals surface area (Å²) < 4.78 is 2.45. The molecule has 0 radical (unpaired) electrons. The predicted octanol–water partition coefficient (Wildman–Crippen LogP) is 10.9. The fraction of sp³-hybridized carbons (Fsp3) is 0.391. The maximum atomic E-state index is 13.6. The number of anilines is 2. The molecule has 0 aromatic heterocycles. The third kappa shape index (κ3) is 7.65. The number of hydrogen-bond acceptors (Lipinski definition) is 3. The van der Waals surface area contributed by atoms with E-state index in [-0.39, 0.29) is 22.7 Å². The van der Waals surface area contributed by atoms with E-state index in [4.69, 9.17) is 0 Å². The maximum absolute atomic E-state index is 13.6. The van der Waals surface area contributed by atoms with Gasteiger partial charge in [0.25, 0.3) is 0 Å². The number of nitrogens with zero attached hydrogens (tertiary/aromatic N) is 2. The Kier molecular flexibility index (Phi) is 12.2. The van der Waals surface area contributed by atoms with Crippen LogP contribution in [0.2, 0.25) is 0 Å². The van der Waals surface area contributed by atoms with Crippen molar-refractivity contribution < 1.29 is 14.5 Å². The Labute approximate surface area is 301 Å². The van der Waals surface area contributed by atoms with Crippen LogP contribution < -0.4 is 10.0 Å². The SMILES string of the molecule is CCCCC(CC)N(c1ccc(C2=C([O-])C(=C3C=CC(=[N+](c4ccc(C)cc4C)C(CC)CCCC)C=C3)C2=O)cc1)c1ccc(C)cc1C. The molecule has 3 aromatic carbocycles. The Morgan fingerprint density at radius 2 is 1.32 bits per heavy atom. The average molecular weight is 669 g/mol. The van der Waals surface area contributed by atoms with Gasteiger partial charge in [0.05, 0.1) is 0 Å². The Balaban J connectivity index is 1.47. The van der Waals surface area contributed by atoms with Crippen LogP contribution in [0.1, 0.15) is 107 Å². The second-order valence-corrected chi connectivity index (χ2v) is 14.2. The molecule has 0 N–H and O–H groups in total. The average Bonchev–Trinajstić information content (AvgIpc) is 3.10. The molecule has 50 heavy (non-hydrogen) atoms. The number of carbonyl (C=O) groups is 1. The van der Waals surface area contributed by atoms with Crippen LogP contribution in [0.25, 0.3) is 5.57 Å². The molecule has 262 valence electrons. The van der Waals surface area contributed by atoms with Crippen LogP contribution in [0.5, 0.6) is 0 Å². The zero-order valence-electron chi connectivity index (χ0n) is 31.6. The fourth-order valence-electron chi connectivity index (χ4n) is 7.65. The molecule has 0 fully saturated rings. The molecule has 2 atom stereocenters. The Morgan fingerprint density at radius 1 is 0.700 bits per heavy atom. The normalized spacial score (nSPS) is 15.4. The Bertz CT molecular complexity index is 1850. The van der Waals surface area contributed by atoms with Crippen LogP contribution in [0, 0.1) is 27.7 Å². The molecule has 3 aromatic rings. The van der Waals surface area contributed by atoms with Gasteiger partial charge in [0.15, 0.2) is 11.8 Å². The smallest absolute Gasteiger partial charge is 0.208 e. The van der Waals surface area contributed by atoms with Gasteiger partial charge < -0.3 is 10.0 Å². The van der Waals surface area contributed by atoms with Crippen LogP contribution in [0.15, 0.2) is 102 Å². The highest BCUT2D eigenvalue weighted by molar-refractivity contribution is 6.39. The molecule has 4 heteroatoms. The molecule has 0 spiro atoms. The summed E-state index contributed by atoms with van der Waals surface area (Å²) in [5.74, 6) is -0.339. The van der Waals surface area contributed by atoms with Gasteiger partial charge >= 0.3 is 0 Å². The largest absolute Gasteiger partial charge is 0.871 e. The number of rotatable bonds is 14. The van der Waals surface area contributed by atoms with Gasteiger partial charge in [0, 0.05) is 65.2 Å². The van der Waals surface area contributed by atoms with E-state index < -0.39 is 0 Å². The summed E-state index contributed by atoms with van der Waals surface area (Å²) in [5, 5.41) is 13.6. The minimum absolute atomic E-state index is 0.170. The highest BCUT2D eigenvalue weighted by Crippen LogP contribution is 2.40. The molecule has 2 aliphatic rings. The Hall–Kier alpha value is -4.44. The first-order chi connectivity index (χ1) is 24.1. The van der Waals surface area contributed by atoms with Crippen molar-refractivity contribution in [3.05, 3.63) is 130 Å². The lowest BCUT2D eigenvalue weighted by Crippen LogP contribution is -2.32. The summed E-state index contributed by atoms with van der Waals surface area (Å²) in [4.78, 5) is 16.1. The first-order valence-corrected chi connectivity index (χ1v) is 18.9. The molecular formula is C46H56N2O2. The molecule has 5 rings (SSSR count). The van der Waals surface area contributed by atoms with E-state index >= 15 is 0 Å². The molecule has 0 saturated carbocycles. The zero-order valence-corrected chi connectivity index (χ0v) is 31.6. The van der Waals surface area contributed by atoms with Crippen LogP contribution in [0.3, 0.4) is 0 Å². The first-order valence-electron chi connectivity index (χ1n) is 18.9. The topological polar surface area (TPSA) is 46.4 Å². The lowest BCUT2D eigenvalue weighted by atomic mass is 9.80. The lowest BCUT2D eigenvalue weighted by Gasteiger charge is -2.35. The first kappa shape index (κ1) is 36.8. The molecule has 0 bridgehead atoms. The zero-order chi connectivity index (χ0) is 35.9. The van der Waals surface area contributed by atoms with E-state index in [0.717, 1.165) is 49.9 Å². The minimum Gasteiger partial charge on any atom is -0.871 e. The van der Waals surface area contributed by atoms with Crippen molar-refractivity contribution in [3.8, 4) is 0 Å². The van der Waals surface area contributed by atoms with Crippen molar-refractivity contribution in [2.75, 3.05) is 4.90 Å². The summed E-state index contributed by atoms with van der Waals surface area (Å²) >= 11 is 0. The van der Waals surface area contributed by atoms with Gasteiger partial charge in [-0.05, 0) is 100 Å². The van der Waals surface area contributed by atoms with Crippen LogP contribution in [-0.2, 0) is 4.79 Å². The lowest BCUT2D eigenvalue weighted by molar-refractivity contribution is -0.486. The number of allylic oxidation sites excluding steroid dienone is 7. The molecule has 0 aliphatic heterocycles. The maximum Gasteiger partial charge on any atom is 0.208 e. The van der Waals surface area contributed by atoms with Crippen molar-refractivity contribution in [2.24, 2.45) is 0 Å². The van der Waals surface area contributed by atoms with Crippen molar-refractivity contribution in [1.29, 1.82) is 0 Å². The van der Waals surface area contributed by atoms with Crippen LogP contribution >= 0.6 is 0 Å². The van der Waals surface area contributed by atoms with Crippen molar-refractivity contribution in [2.45, 2.75) is 119 Å². The Morgan fingerprint density at radius 3 is 1.88 bits per heavy atom. The number of Topliss-reactive ketones (excluding diaryl/α,β-unsaturated/α-hetero) is 1. The van der Waals surface area contributed by atoms with Gasteiger partial charge in [-0.15, -0.1) is 0 Å². The van der Waals surface area contributed by atoms with Gasteiger partial charge in [-0.2, -0.15) is 4.58 Å². The highest BCUT2D eigenvalue weighted by Gasteiger charge is 2.32. The van der Waals surface area contributed by atoms with Gasteiger partial charge in [-0.25, -0.2) is 0 Å². The summed E-state index contributed by atoms with van der Waals surface area (Å²) in [7, 11) is 0. The number of carbonyl (C=O) groups excluding carboxylic acids is 1. The quantitative estimate of drug-likeness (QED) is 0.127. The number of benzene rings is 3. The third-order valence-electron chi connectivity index (χ3n) is 10.5. The van der Waals surface area contributed by atoms with E-state index in [1.165, 1.54) is 46.5 Å². The third-order valence-corrected chi connectivity index (χ3v) is 10.5. The molecular weight excluding hydrogens is 613 g/mol. The van der Waals surface area contributed by atoms with Gasteiger partial charge in [-0.3, -0.25) is 4.79 Å². The molecule has 0 saturated heterocycles.